The lowest BCUT2D eigenvalue weighted by atomic mass is 10.1. The Labute approximate surface area is 158 Å². The van der Waals surface area contributed by atoms with Gasteiger partial charge >= 0.3 is 6.18 Å². The molecule has 4 rings (SSSR count). The third-order valence-electron chi connectivity index (χ3n) is 4.45. The Morgan fingerprint density at radius 3 is 2.86 bits per heavy atom. The predicted octanol–water partition coefficient (Wildman–Crippen LogP) is 2.82. The van der Waals surface area contributed by atoms with Crippen molar-refractivity contribution < 1.29 is 17.9 Å². The highest BCUT2D eigenvalue weighted by atomic mass is 19.4. The fourth-order valence-corrected chi connectivity index (χ4v) is 3.06. The molecular weight excluding hydrogens is 375 g/mol. The first-order valence-electron chi connectivity index (χ1n) is 8.93. The number of fused-ring (bicyclic) bond motifs is 1. The second-order valence-electron chi connectivity index (χ2n) is 6.54. The average molecular weight is 393 g/mol. The number of alkyl halides is 3. The van der Waals surface area contributed by atoms with Crippen molar-refractivity contribution in [3.63, 3.8) is 0 Å². The van der Waals surface area contributed by atoms with E-state index < -0.39 is 12.0 Å². The van der Waals surface area contributed by atoms with E-state index in [1.807, 2.05) is 0 Å². The van der Waals surface area contributed by atoms with Crippen LogP contribution in [0.3, 0.4) is 0 Å². The van der Waals surface area contributed by atoms with Gasteiger partial charge in [0.05, 0.1) is 12.6 Å². The van der Waals surface area contributed by atoms with Crippen molar-refractivity contribution in [3.8, 4) is 0 Å². The van der Waals surface area contributed by atoms with Gasteiger partial charge in [0.15, 0.2) is 17.0 Å². The van der Waals surface area contributed by atoms with Crippen LogP contribution in [0.5, 0.6) is 0 Å². The van der Waals surface area contributed by atoms with Crippen LogP contribution >= 0.6 is 0 Å². The fraction of sp³-hybridized carbons (Fsp3) is 0.471. The quantitative estimate of drug-likeness (QED) is 0.713. The minimum atomic E-state index is -4.69. The molecule has 0 saturated carbocycles. The molecule has 148 valence electrons. The summed E-state index contributed by atoms with van der Waals surface area (Å²) in [6.45, 7) is 1.18. The number of anilines is 1. The topological polar surface area (TPSA) is 90.6 Å². The van der Waals surface area contributed by atoms with E-state index in [0.29, 0.717) is 13.2 Å². The number of aromatic nitrogens is 6. The molecule has 3 aromatic heterocycles. The average Bonchev–Trinajstić information content (AvgIpc) is 3.10. The molecule has 1 aliphatic heterocycles. The molecule has 3 aromatic rings. The van der Waals surface area contributed by atoms with Crippen molar-refractivity contribution >= 4 is 17.0 Å². The van der Waals surface area contributed by atoms with Gasteiger partial charge in [-0.15, -0.1) is 5.10 Å². The standard InChI is InChI=1S/C17H18F3N7O/c18-17(19,20)16-23-14(22-9-11-4-3-6-21-8-11)13-15(24-16)27(26-25-13)10-12-5-1-2-7-28-12/h3-4,6,8,12H,1-2,5,7,9-10H2,(H,22,23,24). The van der Waals surface area contributed by atoms with E-state index in [9.17, 15) is 13.2 Å². The Kier molecular flexibility index (Phi) is 5.07. The molecule has 0 amide bonds. The SMILES string of the molecule is FC(F)(F)c1nc(NCc2cccnc2)c2nnn(CC3CCCCO3)c2n1. The van der Waals surface area contributed by atoms with Crippen LogP contribution in [-0.4, -0.2) is 42.7 Å². The van der Waals surface area contributed by atoms with Crippen molar-refractivity contribution in [3.05, 3.63) is 35.9 Å². The van der Waals surface area contributed by atoms with Gasteiger partial charge in [0.25, 0.3) is 0 Å². The monoisotopic (exact) mass is 393 g/mol. The zero-order valence-corrected chi connectivity index (χ0v) is 14.9. The molecule has 0 bridgehead atoms. The van der Waals surface area contributed by atoms with Gasteiger partial charge in [-0.05, 0) is 30.9 Å². The van der Waals surface area contributed by atoms with Crippen LogP contribution in [-0.2, 0) is 24.0 Å². The van der Waals surface area contributed by atoms with Gasteiger partial charge in [0, 0.05) is 25.5 Å². The summed E-state index contributed by atoms with van der Waals surface area (Å²) in [5.41, 5.74) is 1.02. The van der Waals surface area contributed by atoms with Crippen LogP contribution in [0.4, 0.5) is 19.0 Å². The molecule has 1 atom stereocenters. The van der Waals surface area contributed by atoms with Gasteiger partial charge < -0.3 is 10.1 Å². The molecule has 1 saturated heterocycles. The first-order valence-corrected chi connectivity index (χ1v) is 8.93. The summed E-state index contributed by atoms with van der Waals surface area (Å²) in [5.74, 6) is -1.25. The molecule has 1 N–H and O–H groups in total. The Hall–Kier alpha value is -2.82. The van der Waals surface area contributed by atoms with Crippen molar-refractivity contribution in [2.45, 2.75) is 44.6 Å². The highest BCUT2D eigenvalue weighted by Gasteiger charge is 2.36. The molecule has 8 nitrogen and oxygen atoms in total. The van der Waals surface area contributed by atoms with Crippen molar-refractivity contribution in [1.29, 1.82) is 0 Å². The van der Waals surface area contributed by atoms with Crippen molar-refractivity contribution in [2.24, 2.45) is 0 Å². The first-order chi connectivity index (χ1) is 13.5. The van der Waals surface area contributed by atoms with Crippen LogP contribution in [0, 0.1) is 0 Å². The lowest BCUT2D eigenvalue weighted by Gasteiger charge is -2.22. The van der Waals surface area contributed by atoms with Gasteiger partial charge in [-0.3, -0.25) is 4.98 Å². The molecule has 0 spiro atoms. The summed E-state index contributed by atoms with van der Waals surface area (Å²) in [6, 6.07) is 3.55. The molecule has 1 fully saturated rings. The molecule has 11 heteroatoms. The van der Waals surface area contributed by atoms with Gasteiger partial charge in [-0.25, -0.2) is 14.6 Å². The summed E-state index contributed by atoms with van der Waals surface area (Å²) in [5, 5.41) is 10.9. The number of halogens is 3. The summed E-state index contributed by atoms with van der Waals surface area (Å²) >= 11 is 0. The highest BCUT2D eigenvalue weighted by molar-refractivity contribution is 5.82. The minimum absolute atomic E-state index is 0.0167. The maximum Gasteiger partial charge on any atom is 0.451 e. The Balaban J connectivity index is 1.67. The van der Waals surface area contributed by atoms with E-state index in [1.54, 1.807) is 24.5 Å². The van der Waals surface area contributed by atoms with E-state index in [2.05, 4.69) is 30.6 Å². The lowest BCUT2D eigenvalue weighted by Crippen LogP contribution is -2.25. The molecule has 0 aliphatic carbocycles. The van der Waals surface area contributed by atoms with E-state index in [1.165, 1.54) is 4.68 Å². The third-order valence-corrected chi connectivity index (χ3v) is 4.45. The van der Waals surface area contributed by atoms with Gasteiger partial charge in [-0.1, -0.05) is 11.3 Å². The van der Waals surface area contributed by atoms with Gasteiger partial charge in [0.1, 0.15) is 0 Å². The molecule has 4 heterocycles. The highest BCUT2D eigenvalue weighted by Crippen LogP contribution is 2.30. The fourth-order valence-electron chi connectivity index (χ4n) is 3.06. The third kappa shape index (κ3) is 4.03. The van der Waals surface area contributed by atoms with E-state index in [4.69, 9.17) is 4.74 Å². The zero-order valence-electron chi connectivity index (χ0n) is 14.9. The normalized spacial score (nSPS) is 17.8. The van der Waals surface area contributed by atoms with Crippen molar-refractivity contribution in [2.75, 3.05) is 11.9 Å². The second kappa shape index (κ2) is 7.66. The predicted molar refractivity (Wildman–Crippen MR) is 93.3 cm³/mol. The Morgan fingerprint density at radius 1 is 1.25 bits per heavy atom. The van der Waals surface area contributed by atoms with Crippen LogP contribution < -0.4 is 5.32 Å². The maximum absolute atomic E-state index is 13.3. The van der Waals surface area contributed by atoms with Gasteiger partial charge in [0.2, 0.25) is 5.82 Å². The molecule has 0 radical (unpaired) electrons. The number of hydrogen-bond acceptors (Lipinski definition) is 7. The molecule has 1 unspecified atom stereocenters. The number of nitrogens with one attached hydrogen (secondary N) is 1. The summed E-state index contributed by atoms with van der Waals surface area (Å²) < 4.78 is 47.0. The van der Waals surface area contributed by atoms with E-state index in [0.717, 1.165) is 24.8 Å². The van der Waals surface area contributed by atoms with Crippen LogP contribution in [0.25, 0.3) is 11.2 Å². The molecule has 1 aliphatic rings. The summed E-state index contributed by atoms with van der Waals surface area (Å²) in [7, 11) is 0. The zero-order chi connectivity index (χ0) is 19.6. The minimum Gasteiger partial charge on any atom is -0.376 e. The first kappa shape index (κ1) is 18.5. The Bertz CT molecular complexity index is 939. The van der Waals surface area contributed by atoms with E-state index >= 15 is 0 Å². The maximum atomic E-state index is 13.3. The van der Waals surface area contributed by atoms with E-state index in [-0.39, 0.29) is 29.6 Å². The largest absolute Gasteiger partial charge is 0.451 e. The smallest absolute Gasteiger partial charge is 0.376 e. The molecular formula is C17H18F3N7O. The van der Waals surface area contributed by atoms with Gasteiger partial charge in [-0.2, -0.15) is 13.2 Å². The van der Waals surface area contributed by atoms with Crippen LogP contribution in [0.2, 0.25) is 0 Å². The van der Waals surface area contributed by atoms with Crippen LogP contribution in [0.15, 0.2) is 24.5 Å². The Morgan fingerprint density at radius 2 is 2.14 bits per heavy atom. The number of ether oxygens (including phenoxy) is 1. The summed E-state index contributed by atoms with van der Waals surface area (Å²) in [4.78, 5) is 11.3. The second-order valence-corrected chi connectivity index (χ2v) is 6.54. The summed E-state index contributed by atoms with van der Waals surface area (Å²) in [6.07, 6.45) is 1.25. The number of hydrogen-bond donors (Lipinski definition) is 1. The molecule has 28 heavy (non-hydrogen) atoms. The molecule has 0 aromatic carbocycles. The lowest BCUT2D eigenvalue weighted by molar-refractivity contribution is -0.144. The van der Waals surface area contributed by atoms with Crippen LogP contribution in [0.1, 0.15) is 30.7 Å². The number of nitrogens with zero attached hydrogens (tertiary/aromatic N) is 6. The number of pyridine rings is 1. The van der Waals surface area contributed by atoms with Crippen molar-refractivity contribution in [1.82, 2.24) is 29.9 Å². The number of rotatable bonds is 5.